The molecule has 25 heavy (non-hydrogen) atoms. The van der Waals surface area contributed by atoms with E-state index in [9.17, 15) is 14.9 Å². The number of rotatable bonds is 5. The summed E-state index contributed by atoms with van der Waals surface area (Å²) in [4.78, 5) is 26.9. The summed E-state index contributed by atoms with van der Waals surface area (Å²) in [5.74, 6) is 1.71. The van der Waals surface area contributed by atoms with Crippen molar-refractivity contribution in [2.45, 2.75) is 56.3 Å². The highest BCUT2D eigenvalue weighted by Gasteiger charge is 2.56. The summed E-state index contributed by atoms with van der Waals surface area (Å²) in [6.45, 7) is 2.30. The summed E-state index contributed by atoms with van der Waals surface area (Å²) in [7, 11) is 0. The van der Waals surface area contributed by atoms with E-state index in [4.69, 9.17) is 0 Å². The lowest BCUT2D eigenvalue weighted by atomic mass is 9.49. The van der Waals surface area contributed by atoms with Gasteiger partial charge in [0.25, 0.3) is 5.91 Å². The monoisotopic (exact) mass is 410 g/mol. The second kappa shape index (κ2) is 5.79. The Balaban J connectivity index is 1.41. The van der Waals surface area contributed by atoms with Crippen molar-refractivity contribution in [3.05, 3.63) is 22.1 Å². The molecule has 4 saturated carbocycles. The SMILES string of the molecule is Cc1ncc([N+](=O)[O-])n1CC(=O)NCC12C[C@H]3C[C@@H](CC(Br)(C3)C1)C2. The minimum absolute atomic E-state index is 0.0511. The van der Waals surface area contributed by atoms with Crippen LogP contribution in [-0.4, -0.2) is 31.3 Å². The minimum atomic E-state index is -0.499. The van der Waals surface area contributed by atoms with Crippen molar-refractivity contribution >= 4 is 27.7 Å². The molecule has 2 atom stereocenters. The average molecular weight is 411 g/mol. The molecule has 4 bridgehead atoms. The number of aromatic nitrogens is 2. The molecule has 0 unspecified atom stereocenters. The zero-order chi connectivity index (χ0) is 17.8. The van der Waals surface area contributed by atoms with Crippen molar-refractivity contribution in [1.29, 1.82) is 0 Å². The van der Waals surface area contributed by atoms with E-state index in [1.165, 1.54) is 42.9 Å². The van der Waals surface area contributed by atoms with E-state index in [-0.39, 0.29) is 28.0 Å². The molecule has 1 heterocycles. The second-order valence-corrected chi connectivity index (χ2v) is 10.1. The molecule has 1 aromatic heterocycles. The van der Waals surface area contributed by atoms with E-state index >= 15 is 0 Å². The van der Waals surface area contributed by atoms with Crippen LogP contribution in [-0.2, 0) is 11.3 Å². The topological polar surface area (TPSA) is 90.1 Å². The lowest BCUT2D eigenvalue weighted by molar-refractivity contribution is -0.392. The van der Waals surface area contributed by atoms with E-state index < -0.39 is 4.92 Å². The molecule has 4 aliphatic rings. The number of amides is 1. The number of carbonyl (C=O) groups excluding carboxylic acids is 1. The fourth-order valence-corrected chi connectivity index (χ4v) is 7.34. The van der Waals surface area contributed by atoms with Crippen LogP contribution >= 0.6 is 15.9 Å². The molecule has 4 aliphatic carbocycles. The molecule has 4 fully saturated rings. The zero-order valence-electron chi connectivity index (χ0n) is 14.3. The molecule has 0 spiro atoms. The van der Waals surface area contributed by atoms with Gasteiger partial charge in [-0.05, 0) is 60.7 Å². The van der Waals surface area contributed by atoms with Crippen LogP contribution in [0.15, 0.2) is 6.20 Å². The second-order valence-electron chi connectivity index (χ2n) is 8.40. The van der Waals surface area contributed by atoms with Gasteiger partial charge in [-0.3, -0.25) is 4.79 Å². The van der Waals surface area contributed by atoms with Crippen LogP contribution in [0.2, 0.25) is 0 Å². The molecule has 7 nitrogen and oxygen atoms in total. The van der Waals surface area contributed by atoms with Gasteiger partial charge >= 0.3 is 5.82 Å². The lowest BCUT2D eigenvalue weighted by Gasteiger charge is -2.60. The number of nitrogens with one attached hydrogen (secondary N) is 1. The predicted octanol–water partition coefficient (Wildman–Crippen LogP) is 2.95. The van der Waals surface area contributed by atoms with Crippen LogP contribution in [0, 0.1) is 34.3 Å². The number of alkyl halides is 1. The van der Waals surface area contributed by atoms with E-state index in [1.54, 1.807) is 6.92 Å². The molecule has 0 radical (unpaired) electrons. The van der Waals surface area contributed by atoms with E-state index in [2.05, 4.69) is 26.2 Å². The molecule has 1 N–H and O–H groups in total. The lowest BCUT2D eigenvalue weighted by Crippen LogP contribution is -2.56. The number of imidazole rings is 1. The third-order valence-corrected chi connectivity index (χ3v) is 7.22. The molecule has 136 valence electrons. The van der Waals surface area contributed by atoms with Gasteiger partial charge in [0.2, 0.25) is 0 Å². The fourth-order valence-electron chi connectivity index (χ4n) is 5.83. The largest absolute Gasteiger partial charge is 0.358 e. The maximum absolute atomic E-state index is 12.4. The Morgan fingerprint density at radius 1 is 1.44 bits per heavy atom. The van der Waals surface area contributed by atoms with Gasteiger partial charge in [0.05, 0.1) is 0 Å². The van der Waals surface area contributed by atoms with Gasteiger partial charge in [-0.15, -0.1) is 0 Å². The molecule has 0 saturated heterocycles. The van der Waals surface area contributed by atoms with Gasteiger partial charge < -0.3 is 15.4 Å². The normalized spacial score (nSPS) is 35.8. The maximum atomic E-state index is 12.4. The van der Waals surface area contributed by atoms with Gasteiger partial charge in [0, 0.05) is 17.8 Å². The van der Waals surface area contributed by atoms with Crippen LogP contribution in [0.5, 0.6) is 0 Å². The first-order valence-corrected chi connectivity index (χ1v) is 9.69. The number of hydrogen-bond donors (Lipinski definition) is 1. The van der Waals surface area contributed by atoms with Crippen LogP contribution < -0.4 is 5.32 Å². The Kier molecular flexibility index (Phi) is 3.94. The summed E-state index contributed by atoms with van der Waals surface area (Å²) in [5.41, 5.74) is 0.194. The number of nitro groups is 1. The number of hydrogen-bond acceptors (Lipinski definition) is 4. The first-order chi connectivity index (χ1) is 11.8. The molecule has 8 heteroatoms. The van der Waals surface area contributed by atoms with Crippen molar-refractivity contribution in [3.8, 4) is 0 Å². The van der Waals surface area contributed by atoms with Crippen LogP contribution in [0.3, 0.4) is 0 Å². The third-order valence-electron chi connectivity index (χ3n) is 6.29. The van der Waals surface area contributed by atoms with Crippen LogP contribution in [0.1, 0.15) is 44.3 Å². The Hall–Kier alpha value is -1.44. The number of aryl methyl sites for hydroxylation is 1. The molecular weight excluding hydrogens is 388 g/mol. The highest BCUT2D eigenvalue weighted by Crippen LogP contribution is 2.64. The van der Waals surface area contributed by atoms with E-state index in [0.717, 1.165) is 18.3 Å². The van der Waals surface area contributed by atoms with Gasteiger partial charge in [0.15, 0.2) is 12.4 Å². The minimum Gasteiger partial charge on any atom is -0.358 e. The number of nitrogens with zero attached hydrogens (tertiary/aromatic N) is 3. The van der Waals surface area contributed by atoms with Gasteiger partial charge in [0.1, 0.15) is 6.20 Å². The first-order valence-electron chi connectivity index (χ1n) is 8.90. The quantitative estimate of drug-likeness (QED) is 0.458. The Bertz CT molecular complexity index is 717. The fraction of sp³-hybridized carbons (Fsp3) is 0.765. The molecule has 5 rings (SSSR count). The zero-order valence-corrected chi connectivity index (χ0v) is 15.9. The van der Waals surface area contributed by atoms with Gasteiger partial charge in [-0.25, -0.2) is 9.55 Å². The van der Waals surface area contributed by atoms with E-state index in [1.807, 2.05) is 0 Å². The molecule has 1 aromatic rings. The van der Waals surface area contributed by atoms with Crippen molar-refractivity contribution in [3.63, 3.8) is 0 Å². The number of carbonyl (C=O) groups is 1. The number of halogens is 1. The molecule has 0 aliphatic heterocycles. The average Bonchev–Trinajstić information content (AvgIpc) is 2.84. The summed E-state index contributed by atoms with van der Waals surface area (Å²) in [5, 5.41) is 14.1. The highest BCUT2D eigenvalue weighted by molar-refractivity contribution is 9.10. The van der Waals surface area contributed by atoms with Crippen LogP contribution in [0.4, 0.5) is 5.82 Å². The summed E-state index contributed by atoms with van der Waals surface area (Å²) in [6, 6.07) is 0. The van der Waals surface area contributed by atoms with Crippen molar-refractivity contribution in [2.24, 2.45) is 17.3 Å². The Morgan fingerprint density at radius 2 is 2.12 bits per heavy atom. The van der Waals surface area contributed by atoms with Gasteiger partial charge in [-0.2, -0.15) is 0 Å². The predicted molar refractivity (Wildman–Crippen MR) is 95.4 cm³/mol. The van der Waals surface area contributed by atoms with Gasteiger partial charge in [-0.1, -0.05) is 15.9 Å². The molecule has 0 aromatic carbocycles. The third kappa shape index (κ3) is 3.09. The summed E-state index contributed by atoms with van der Waals surface area (Å²) >= 11 is 3.98. The van der Waals surface area contributed by atoms with E-state index in [0.29, 0.717) is 12.4 Å². The summed E-state index contributed by atoms with van der Waals surface area (Å²) < 4.78 is 1.63. The van der Waals surface area contributed by atoms with Crippen molar-refractivity contribution in [2.75, 3.05) is 6.54 Å². The highest BCUT2D eigenvalue weighted by atomic mass is 79.9. The molecular formula is C17H23BrN4O3. The van der Waals surface area contributed by atoms with Crippen LogP contribution in [0.25, 0.3) is 0 Å². The van der Waals surface area contributed by atoms with Crippen molar-refractivity contribution < 1.29 is 9.72 Å². The maximum Gasteiger partial charge on any atom is 0.343 e. The Labute approximate surface area is 154 Å². The van der Waals surface area contributed by atoms with Crippen molar-refractivity contribution in [1.82, 2.24) is 14.9 Å². The first kappa shape index (κ1) is 17.0. The molecule has 1 amide bonds. The smallest absolute Gasteiger partial charge is 0.343 e. The Morgan fingerprint density at radius 3 is 2.72 bits per heavy atom. The standard InChI is InChI=1S/C17H23BrN4O3/c1-11-19-7-15(22(24)25)21(11)8-14(23)20-10-16-3-12-2-13(4-16)6-17(18,5-12)9-16/h7,12-13H,2-6,8-10H2,1H3,(H,20,23)/t12-,13-,16?,17?/m1/s1. The summed E-state index contributed by atoms with van der Waals surface area (Å²) in [6.07, 6.45) is 8.58.